The predicted octanol–water partition coefficient (Wildman–Crippen LogP) is 3.32. The minimum absolute atomic E-state index is 0.713. The zero-order chi connectivity index (χ0) is 11.4. The van der Waals surface area contributed by atoms with Crippen LogP contribution in [-0.4, -0.2) is 10.2 Å². The van der Waals surface area contributed by atoms with E-state index in [1.54, 1.807) is 5.41 Å². The number of hydrogen-bond donors (Lipinski definition) is 2. The molecule has 0 radical (unpaired) electrons. The third kappa shape index (κ3) is 3.10. The Morgan fingerprint density at radius 3 is 2.50 bits per heavy atom. The van der Waals surface area contributed by atoms with Crippen molar-refractivity contribution in [3.05, 3.63) is 45.8 Å². The van der Waals surface area contributed by atoms with Crippen LogP contribution in [0.3, 0.4) is 0 Å². The maximum Gasteiger partial charge on any atom is 0.171 e. The molecule has 2 rings (SSSR count). The van der Waals surface area contributed by atoms with Gasteiger partial charge in [-0.2, -0.15) is 12.6 Å². The van der Waals surface area contributed by atoms with Gasteiger partial charge in [0.1, 0.15) is 5.01 Å². The molecule has 0 aliphatic carbocycles. The van der Waals surface area contributed by atoms with E-state index >= 15 is 0 Å². The van der Waals surface area contributed by atoms with Crippen LogP contribution < -0.4 is 0 Å². The van der Waals surface area contributed by atoms with Crippen LogP contribution >= 0.6 is 36.6 Å². The van der Waals surface area contributed by atoms with E-state index < -0.39 is 0 Å². The first kappa shape index (κ1) is 11.7. The van der Waals surface area contributed by atoms with Gasteiger partial charge in [0.05, 0.1) is 0 Å². The summed E-state index contributed by atoms with van der Waals surface area (Å²) >= 11 is 9.69. The Labute approximate surface area is 109 Å². The molecular formula is C11H10N2S3. The second-order valence-electron chi connectivity index (χ2n) is 3.21. The van der Waals surface area contributed by atoms with Crippen LogP contribution in [-0.2, 0) is 6.42 Å². The Hall–Kier alpha value is -0.780. The van der Waals surface area contributed by atoms with E-state index in [2.05, 4.69) is 59.7 Å². The summed E-state index contributed by atoms with van der Waals surface area (Å²) in [7, 11) is 0. The quantitative estimate of drug-likeness (QED) is 0.833. The SMILES string of the molecule is SC=Cc1ccc(Cc2nnc(S)s2)cc1. The molecule has 2 aromatic rings. The van der Waals surface area contributed by atoms with Crippen LogP contribution in [0.1, 0.15) is 16.1 Å². The lowest BCUT2D eigenvalue weighted by molar-refractivity contribution is 0.959. The molecule has 0 amide bonds. The van der Waals surface area contributed by atoms with Crippen molar-refractivity contribution < 1.29 is 0 Å². The molecule has 0 saturated carbocycles. The molecule has 0 bridgehead atoms. The standard InChI is InChI=1S/C11H10N2S3/c14-6-5-8-1-3-9(4-2-8)7-10-12-13-11(15)16-10/h1-6,14H,7H2,(H,13,15). The van der Waals surface area contributed by atoms with Gasteiger partial charge >= 0.3 is 0 Å². The molecule has 82 valence electrons. The van der Waals surface area contributed by atoms with Gasteiger partial charge < -0.3 is 0 Å². The van der Waals surface area contributed by atoms with E-state index in [1.807, 2.05) is 6.08 Å². The largest absolute Gasteiger partial charge is 0.171 e. The van der Waals surface area contributed by atoms with Crippen LogP contribution in [0.4, 0.5) is 0 Å². The van der Waals surface area contributed by atoms with Crippen molar-refractivity contribution in [3.8, 4) is 0 Å². The molecule has 0 atom stereocenters. The van der Waals surface area contributed by atoms with Crippen molar-refractivity contribution in [2.75, 3.05) is 0 Å². The van der Waals surface area contributed by atoms with Crippen molar-refractivity contribution >= 4 is 42.7 Å². The molecule has 1 heterocycles. The van der Waals surface area contributed by atoms with Gasteiger partial charge in [-0.05, 0) is 22.6 Å². The number of benzene rings is 1. The minimum Gasteiger partial charge on any atom is -0.151 e. The number of nitrogens with zero attached hydrogens (tertiary/aromatic N) is 2. The predicted molar refractivity (Wildman–Crippen MR) is 74.4 cm³/mol. The van der Waals surface area contributed by atoms with Gasteiger partial charge in [0, 0.05) is 6.42 Å². The van der Waals surface area contributed by atoms with Gasteiger partial charge in [-0.15, -0.1) is 22.8 Å². The first-order valence-electron chi connectivity index (χ1n) is 4.69. The van der Waals surface area contributed by atoms with E-state index in [4.69, 9.17) is 0 Å². The van der Waals surface area contributed by atoms with Gasteiger partial charge in [-0.25, -0.2) is 0 Å². The number of hydrogen-bond acceptors (Lipinski definition) is 5. The average Bonchev–Trinajstić information content (AvgIpc) is 2.67. The highest BCUT2D eigenvalue weighted by molar-refractivity contribution is 7.83. The molecule has 0 saturated heterocycles. The second kappa shape index (κ2) is 5.52. The maximum atomic E-state index is 4.14. The van der Waals surface area contributed by atoms with Crippen LogP contribution in [0.25, 0.3) is 6.08 Å². The summed E-state index contributed by atoms with van der Waals surface area (Å²) in [6.07, 6.45) is 2.76. The van der Waals surface area contributed by atoms with Gasteiger partial charge in [-0.1, -0.05) is 35.6 Å². The van der Waals surface area contributed by atoms with Crippen molar-refractivity contribution in [1.82, 2.24) is 10.2 Å². The van der Waals surface area contributed by atoms with Crippen molar-refractivity contribution in [2.24, 2.45) is 0 Å². The van der Waals surface area contributed by atoms with Crippen LogP contribution in [0.15, 0.2) is 34.0 Å². The normalized spacial score (nSPS) is 11.1. The van der Waals surface area contributed by atoms with Gasteiger partial charge in [0.15, 0.2) is 4.34 Å². The Morgan fingerprint density at radius 2 is 1.94 bits per heavy atom. The number of thiol groups is 2. The molecule has 0 N–H and O–H groups in total. The second-order valence-corrected chi connectivity index (χ2v) is 5.30. The lowest BCUT2D eigenvalue weighted by atomic mass is 10.1. The molecule has 0 aliphatic rings. The van der Waals surface area contributed by atoms with Crippen molar-refractivity contribution in [1.29, 1.82) is 0 Å². The van der Waals surface area contributed by atoms with Crippen LogP contribution in [0.5, 0.6) is 0 Å². The molecule has 0 aliphatic heterocycles. The van der Waals surface area contributed by atoms with Crippen LogP contribution in [0.2, 0.25) is 0 Å². The molecular weight excluding hydrogens is 256 g/mol. The first-order chi connectivity index (χ1) is 7.78. The minimum atomic E-state index is 0.713. The first-order valence-corrected chi connectivity index (χ1v) is 6.47. The summed E-state index contributed by atoms with van der Waals surface area (Å²) in [6, 6.07) is 8.29. The van der Waals surface area contributed by atoms with E-state index in [9.17, 15) is 0 Å². The topological polar surface area (TPSA) is 25.8 Å². The third-order valence-corrected chi connectivity index (χ3v) is 3.30. The molecule has 1 aromatic heterocycles. The fraction of sp³-hybridized carbons (Fsp3) is 0.0909. The van der Waals surface area contributed by atoms with Crippen molar-refractivity contribution in [3.63, 3.8) is 0 Å². The van der Waals surface area contributed by atoms with Gasteiger partial charge in [0.25, 0.3) is 0 Å². The molecule has 16 heavy (non-hydrogen) atoms. The number of rotatable bonds is 3. The smallest absolute Gasteiger partial charge is 0.151 e. The summed E-state index contributed by atoms with van der Waals surface area (Å²) in [5, 5.41) is 10.6. The van der Waals surface area contributed by atoms with Crippen LogP contribution in [0, 0.1) is 0 Å². The molecule has 1 aromatic carbocycles. The summed E-state index contributed by atoms with van der Waals surface area (Å²) < 4.78 is 0.713. The summed E-state index contributed by atoms with van der Waals surface area (Å²) in [6.45, 7) is 0. The highest BCUT2D eigenvalue weighted by atomic mass is 32.2. The summed E-state index contributed by atoms with van der Waals surface area (Å²) in [4.78, 5) is 0. The van der Waals surface area contributed by atoms with Gasteiger partial charge in [-0.3, -0.25) is 0 Å². The van der Waals surface area contributed by atoms with Crippen molar-refractivity contribution in [2.45, 2.75) is 10.8 Å². The highest BCUT2D eigenvalue weighted by Crippen LogP contribution is 2.17. The third-order valence-electron chi connectivity index (χ3n) is 2.06. The average molecular weight is 266 g/mol. The fourth-order valence-electron chi connectivity index (χ4n) is 1.32. The van der Waals surface area contributed by atoms with Gasteiger partial charge in [0.2, 0.25) is 0 Å². The zero-order valence-corrected chi connectivity index (χ0v) is 11.0. The molecule has 0 fully saturated rings. The zero-order valence-electron chi connectivity index (χ0n) is 8.37. The Bertz CT molecular complexity index is 488. The number of aromatic nitrogens is 2. The maximum absolute atomic E-state index is 4.14. The molecule has 2 nitrogen and oxygen atoms in total. The highest BCUT2D eigenvalue weighted by Gasteiger charge is 2.02. The Balaban J connectivity index is 2.10. The molecule has 5 heteroatoms. The van der Waals surface area contributed by atoms with E-state index in [0.29, 0.717) is 4.34 Å². The fourth-order valence-corrected chi connectivity index (χ4v) is 2.47. The summed E-state index contributed by atoms with van der Waals surface area (Å²) in [5.74, 6) is 0. The molecule has 0 unspecified atom stereocenters. The van der Waals surface area contributed by atoms with E-state index in [0.717, 1.165) is 17.0 Å². The van der Waals surface area contributed by atoms with E-state index in [1.165, 1.54) is 16.9 Å². The Morgan fingerprint density at radius 1 is 1.19 bits per heavy atom. The van der Waals surface area contributed by atoms with E-state index in [-0.39, 0.29) is 0 Å². The Kier molecular flexibility index (Phi) is 4.04. The monoisotopic (exact) mass is 266 g/mol. The molecule has 0 spiro atoms. The lowest BCUT2D eigenvalue weighted by Crippen LogP contribution is -1.87. The summed E-state index contributed by atoms with van der Waals surface area (Å²) in [5.41, 5.74) is 2.37. The lowest BCUT2D eigenvalue weighted by Gasteiger charge is -1.98.